The number of aromatic nitrogens is 4. The highest BCUT2D eigenvalue weighted by molar-refractivity contribution is 8.09. The molecule has 8 atom stereocenters. The Hall–Kier alpha value is -5.35. The maximum Gasteiger partial charge on any atom is 0.280 e. The van der Waals surface area contributed by atoms with Crippen LogP contribution in [0.15, 0.2) is 107 Å². The number of aliphatic imine (C=N–C) groups is 1. The third-order valence-electron chi connectivity index (χ3n) is 12.7. The number of carbonyl (C=O) groups is 1. The van der Waals surface area contributed by atoms with Gasteiger partial charge in [-0.2, -0.15) is 15.5 Å². The molecule has 0 saturated carbocycles. The van der Waals surface area contributed by atoms with Gasteiger partial charge in [0.15, 0.2) is 17.4 Å². The number of nitrogens with zero attached hydrogens (tertiary/aromatic N) is 8. The Labute approximate surface area is 451 Å². The van der Waals surface area contributed by atoms with Crippen molar-refractivity contribution in [3.8, 4) is 12.1 Å². The number of hydrogen-bond donors (Lipinski definition) is 4. The first kappa shape index (κ1) is 58.3. The second-order valence-electron chi connectivity index (χ2n) is 19.6. The molecule has 4 heterocycles. The number of carbonyl (C=O) groups excluding carboxylic acids is 1. The first-order chi connectivity index (χ1) is 36.5. The minimum Gasteiger partial charge on any atom is -0.369 e. The van der Waals surface area contributed by atoms with Gasteiger partial charge in [-0.1, -0.05) is 105 Å². The number of nitriles is 2. The first-order valence-electron chi connectivity index (χ1n) is 25.5. The quantitative estimate of drug-likeness (QED) is 0.0128. The molecule has 2 saturated heterocycles. The van der Waals surface area contributed by atoms with E-state index < -0.39 is 57.0 Å². The van der Waals surface area contributed by atoms with Gasteiger partial charge >= 0.3 is 0 Å². The Morgan fingerprint density at radius 1 is 0.882 bits per heavy atom. The fourth-order valence-electron chi connectivity index (χ4n) is 9.22. The Bertz CT molecular complexity index is 2780. The number of hydrogen-bond acceptors (Lipinski definition) is 16. The van der Waals surface area contributed by atoms with Crippen LogP contribution in [0.4, 0.5) is 5.95 Å². The van der Waals surface area contributed by atoms with Crippen LogP contribution in [0.2, 0.25) is 0 Å². The summed E-state index contributed by atoms with van der Waals surface area (Å²) in [7, 11) is 2.11. The largest absolute Gasteiger partial charge is 0.369 e. The van der Waals surface area contributed by atoms with Gasteiger partial charge in [0.2, 0.25) is 11.9 Å². The standard InChI is InChI=1S/C53H70N12O8P2S/c1-36(2)50(66)59-52-58-49-48(51(67)60-52)57-35-64(49)47-31-43(44(73-47)32-69-74(68-28-18-26-54)65(37(3)4)38(5)6)62-75(76,70-29-19-27-55)71-33-45-42(30-46(72-45)56-34-63(7)8)61-53(39-20-12-9-13-21-39,40-22-14-10-15-23-40)41-24-16-11-17-25-41/h9-17,20-25,34-38,42-47,61H,18-19,28-33H2,1-8H3,(H,62,76)(H2,58,59,60,66,67). The molecular weight excluding hydrogens is 1030 g/mol. The molecular formula is C53H70N12O8P2S. The summed E-state index contributed by atoms with van der Waals surface area (Å²) in [6.07, 6.45) is 1.44. The van der Waals surface area contributed by atoms with Crippen LogP contribution < -0.4 is 21.3 Å². The molecule has 0 bridgehead atoms. The average molecular weight is 1100 g/mol. The Morgan fingerprint density at radius 2 is 1.47 bits per heavy atom. The first-order valence-corrected chi connectivity index (χ1v) is 29.3. The maximum absolute atomic E-state index is 13.3. The van der Waals surface area contributed by atoms with Crippen molar-refractivity contribution >= 4 is 56.3 Å². The van der Waals surface area contributed by atoms with Gasteiger partial charge in [-0.25, -0.2) is 19.7 Å². The van der Waals surface area contributed by atoms with Gasteiger partial charge in [0.05, 0.1) is 81.8 Å². The zero-order chi connectivity index (χ0) is 54.4. The monoisotopic (exact) mass is 1100 g/mol. The molecule has 2 aliphatic heterocycles. The van der Waals surface area contributed by atoms with Gasteiger partial charge in [0.25, 0.3) is 20.7 Å². The molecule has 2 aromatic heterocycles. The highest BCUT2D eigenvalue weighted by Gasteiger charge is 2.46. The van der Waals surface area contributed by atoms with Crippen molar-refractivity contribution in [2.45, 2.75) is 122 Å². The van der Waals surface area contributed by atoms with Crippen LogP contribution in [0.5, 0.6) is 0 Å². The molecule has 20 nitrogen and oxygen atoms in total. The molecule has 4 N–H and O–H groups in total. The Kier molecular flexibility index (Phi) is 21.0. The third-order valence-corrected chi connectivity index (χ3v) is 17.4. The molecule has 8 unspecified atom stereocenters. The number of rotatable bonds is 27. The lowest BCUT2D eigenvalue weighted by atomic mass is 9.76. The van der Waals surface area contributed by atoms with Crippen molar-refractivity contribution in [1.29, 1.82) is 10.5 Å². The summed E-state index contributed by atoms with van der Waals surface area (Å²) in [6.45, 7) is 8.20. The number of aromatic amines is 1. The fraction of sp³-hybridized carbons (Fsp3) is 0.491. The van der Waals surface area contributed by atoms with E-state index in [4.69, 9.17) is 44.4 Å². The predicted octanol–water partition coefficient (Wildman–Crippen LogP) is 8.08. The molecule has 2 fully saturated rings. The smallest absolute Gasteiger partial charge is 0.280 e. The van der Waals surface area contributed by atoms with E-state index in [1.165, 1.54) is 6.33 Å². The van der Waals surface area contributed by atoms with E-state index in [-0.39, 0.29) is 92.8 Å². The van der Waals surface area contributed by atoms with E-state index in [0.29, 0.717) is 6.42 Å². The van der Waals surface area contributed by atoms with Crippen LogP contribution in [0, 0.1) is 28.6 Å². The molecule has 23 heteroatoms. The summed E-state index contributed by atoms with van der Waals surface area (Å²) < 4.78 is 43.7. The van der Waals surface area contributed by atoms with Gasteiger partial charge in [0, 0.05) is 57.0 Å². The average Bonchev–Trinajstić information content (AvgIpc) is 4.15. The van der Waals surface area contributed by atoms with Crippen LogP contribution in [-0.2, 0) is 49.7 Å². The lowest BCUT2D eigenvalue weighted by Gasteiger charge is -2.40. The lowest BCUT2D eigenvalue weighted by Crippen LogP contribution is -2.53. The number of anilines is 1. The molecule has 76 heavy (non-hydrogen) atoms. The second-order valence-corrected chi connectivity index (χ2v) is 24.2. The molecule has 0 radical (unpaired) electrons. The topological polar surface area (TPSA) is 239 Å². The van der Waals surface area contributed by atoms with Crippen molar-refractivity contribution in [1.82, 2.24) is 39.5 Å². The lowest BCUT2D eigenvalue weighted by molar-refractivity contribution is -0.118. The summed E-state index contributed by atoms with van der Waals surface area (Å²) in [6, 6.07) is 34.3. The van der Waals surface area contributed by atoms with Crippen molar-refractivity contribution in [3.05, 3.63) is 124 Å². The second kappa shape index (κ2) is 27.3. The number of nitrogens with one attached hydrogen (secondary N) is 4. The minimum atomic E-state index is -3.58. The van der Waals surface area contributed by atoms with Crippen molar-refractivity contribution in [3.63, 3.8) is 0 Å². The molecule has 2 aliphatic rings. The fourth-order valence-corrected chi connectivity index (χ4v) is 13.2. The van der Waals surface area contributed by atoms with Crippen LogP contribution in [0.1, 0.15) is 90.1 Å². The number of H-pyrrole nitrogens is 1. The van der Waals surface area contributed by atoms with Gasteiger partial charge in [-0.05, 0) is 56.2 Å². The van der Waals surface area contributed by atoms with Crippen molar-refractivity contribution in [2.75, 3.05) is 45.8 Å². The van der Waals surface area contributed by atoms with Crippen LogP contribution in [0.25, 0.3) is 11.2 Å². The Morgan fingerprint density at radius 3 is 2.04 bits per heavy atom. The Balaban J connectivity index is 1.24. The van der Waals surface area contributed by atoms with Gasteiger partial charge in [0.1, 0.15) is 6.23 Å². The van der Waals surface area contributed by atoms with Crippen LogP contribution in [-0.4, -0.2) is 124 Å². The number of benzene rings is 3. The van der Waals surface area contributed by atoms with E-state index in [1.54, 1.807) is 24.8 Å². The van der Waals surface area contributed by atoms with Crippen molar-refractivity contribution in [2.24, 2.45) is 10.9 Å². The highest BCUT2D eigenvalue weighted by atomic mass is 32.5. The molecule has 406 valence electrons. The maximum atomic E-state index is 13.3. The van der Waals surface area contributed by atoms with Gasteiger partial charge in [-0.15, -0.1) is 0 Å². The number of amides is 1. The molecule has 1 amide bonds. The number of fused-ring (bicyclic) bond motifs is 1. The van der Waals surface area contributed by atoms with E-state index >= 15 is 0 Å². The SMILES string of the molecule is CC(C)C(=O)Nc1nc2c(ncn2C2CC(NP(=S)(OCCC#N)OCC3OC(N=CN(C)C)CC3NC(c3ccccc3)(c3ccccc3)c3ccccc3)C(COP(OCCC#N)N(C(C)C)C(C)C)O2)c(=O)[nH]1. The van der Waals surface area contributed by atoms with E-state index in [1.807, 2.05) is 73.6 Å². The molecule has 7 rings (SSSR count). The number of ether oxygens (including phenoxy) is 2. The zero-order valence-electron chi connectivity index (χ0n) is 44.3. The van der Waals surface area contributed by atoms with E-state index in [0.717, 1.165) is 16.7 Å². The highest BCUT2D eigenvalue weighted by Crippen LogP contribution is 2.50. The zero-order valence-corrected chi connectivity index (χ0v) is 46.9. The minimum absolute atomic E-state index is 0.00391. The van der Waals surface area contributed by atoms with E-state index in [9.17, 15) is 20.1 Å². The predicted molar refractivity (Wildman–Crippen MR) is 296 cm³/mol. The van der Waals surface area contributed by atoms with E-state index in [2.05, 4.69) is 112 Å². The molecule has 3 aromatic carbocycles. The van der Waals surface area contributed by atoms with Crippen LogP contribution >= 0.6 is 15.2 Å². The third kappa shape index (κ3) is 14.6. The molecule has 0 aliphatic carbocycles. The molecule has 5 aromatic rings. The summed E-state index contributed by atoms with van der Waals surface area (Å²) in [4.78, 5) is 44.4. The van der Waals surface area contributed by atoms with Gasteiger partial charge in [-0.3, -0.25) is 29.8 Å². The summed E-state index contributed by atoms with van der Waals surface area (Å²) in [5.74, 6) is -0.739. The van der Waals surface area contributed by atoms with Crippen molar-refractivity contribution < 1.29 is 32.4 Å². The summed E-state index contributed by atoms with van der Waals surface area (Å²) in [5.41, 5.74) is 1.90. The van der Waals surface area contributed by atoms with Gasteiger partial charge < -0.3 is 32.5 Å². The number of imidazole rings is 1. The normalized spacial score (nSPS) is 21.1. The summed E-state index contributed by atoms with van der Waals surface area (Å²) in [5, 5.41) is 29.4. The molecule has 0 spiro atoms. The van der Waals surface area contributed by atoms with Crippen LogP contribution in [0.3, 0.4) is 0 Å². The summed E-state index contributed by atoms with van der Waals surface area (Å²) >= 11 is 6.42.